The number of aliphatic hydroxyl groups excluding tert-OH is 1. The predicted octanol–water partition coefficient (Wildman–Crippen LogP) is 2.66. The number of aliphatic hydroxyl groups is 1. The van der Waals surface area contributed by atoms with E-state index in [1.54, 1.807) is 0 Å². The van der Waals surface area contributed by atoms with Crippen LogP contribution >= 0.6 is 0 Å². The summed E-state index contributed by atoms with van der Waals surface area (Å²) in [4.78, 5) is 2.59. The van der Waals surface area contributed by atoms with Crippen molar-refractivity contribution in [2.45, 2.75) is 65.0 Å². The Morgan fingerprint density at radius 3 is 2.73 bits per heavy atom. The molecule has 3 atom stereocenters. The second-order valence-corrected chi connectivity index (χ2v) is 5.22. The van der Waals surface area contributed by atoms with E-state index in [0.29, 0.717) is 0 Å². The van der Waals surface area contributed by atoms with Crippen LogP contribution < -0.4 is 0 Å². The van der Waals surface area contributed by atoms with Crippen LogP contribution in [0, 0.1) is 5.92 Å². The molecule has 2 nitrogen and oxygen atoms in total. The van der Waals surface area contributed by atoms with Crippen molar-refractivity contribution >= 4 is 0 Å². The second-order valence-electron chi connectivity index (χ2n) is 5.22. The summed E-state index contributed by atoms with van der Waals surface area (Å²) in [6, 6.07) is 0.743. The fourth-order valence-corrected chi connectivity index (χ4v) is 2.52. The van der Waals surface area contributed by atoms with Crippen molar-refractivity contribution in [3.63, 3.8) is 0 Å². The average molecular weight is 213 g/mol. The van der Waals surface area contributed by atoms with E-state index in [1.807, 2.05) is 0 Å². The van der Waals surface area contributed by atoms with Gasteiger partial charge in [0.2, 0.25) is 0 Å². The lowest BCUT2D eigenvalue weighted by atomic mass is 9.93. The van der Waals surface area contributed by atoms with Crippen molar-refractivity contribution in [2.75, 3.05) is 13.1 Å². The van der Waals surface area contributed by atoms with Crippen LogP contribution in [0.25, 0.3) is 0 Å². The maximum absolute atomic E-state index is 9.48. The Labute approximate surface area is 94.7 Å². The van der Waals surface area contributed by atoms with Crippen LogP contribution in [0.1, 0.15) is 52.9 Å². The van der Waals surface area contributed by atoms with Crippen LogP contribution in [0.3, 0.4) is 0 Å². The minimum Gasteiger partial charge on any atom is -0.393 e. The van der Waals surface area contributed by atoms with Gasteiger partial charge in [0.1, 0.15) is 0 Å². The summed E-state index contributed by atoms with van der Waals surface area (Å²) in [7, 11) is 0. The third-order valence-corrected chi connectivity index (χ3v) is 3.73. The molecule has 1 aliphatic rings. The molecule has 0 aliphatic carbocycles. The highest BCUT2D eigenvalue weighted by atomic mass is 16.3. The van der Waals surface area contributed by atoms with Gasteiger partial charge in [0.05, 0.1) is 6.10 Å². The van der Waals surface area contributed by atoms with Gasteiger partial charge in [0.25, 0.3) is 0 Å². The normalized spacial score (nSPS) is 30.4. The van der Waals surface area contributed by atoms with Crippen molar-refractivity contribution < 1.29 is 5.11 Å². The van der Waals surface area contributed by atoms with Gasteiger partial charge in [-0.25, -0.2) is 0 Å². The highest BCUT2D eigenvalue weighted by Crippen LogP contribution is 2.22. The lowest BCUT2D eigenvalue weighted by molar-refractivity contribution is 0.111. The molecule has 0 aromatic rings. The van der Waals surface area contributed by atoms with E-state index in [4.69, 9.17) is 0 Å². The molecule has 1 N–H and O–H groups in total. The van der Waals surface area contributed by atoms with Crippen molar-refractivity contribution in [1.29, 1.82) is 0 Å². The van der Waals surface area contributed by atoms with E-state index < -0.39 is 0 Å². The predicted molar refractivity (Wildman–Crippen MR) is 65.0 cm³/mol. The molecule has 0 saturated carbocycles. The molecule has 0 spiro atoms. The number of nitrogens with zero attached hydrogens (tertiary/aromatic N) is 1. The van der Waals surface area contributed by atoms with Crippen molar-refractivity contribution in [3.8, 4) is 0 Å². The Kier molecular flexibility index (Phi) is 5.62. The zero-order valence-corrected chi connectivity index (χ0v) is 10.6. The minimum atomic E-state index is -0.0796. The maximum Gasteiger partial charge on any atom is 0.0538 e. The largest absolute Gasteiger partial charge is 0.393 e. The van der Waals surface area contributed by atoms with E-state index in [1.165, 1.54) is 25.9 Å². The van der Waals surface area contributed by atoms with Gasteiger partial charge in [-0.2, -0.15) is 0 Å². The highest BCUT2D eigenvalue weighted by molar-refractivity contribution is 4.76. The number of hydrogen-bond donors (Lipinski definition) is 1. The summed E-state index contributed by atoms with van der Waals surface area (Å²) < 4.78 is 0. The first-order valence-corrected chi connectivity index (χ1v) is 6.55. The fraction of sp³-hybridized carbons (Fsp3) is 1.00. The number of rotatable bonds is 5. The third-order valence-electron chi connectivity index (χ3n) is 3.73. The van der Waals surface area contributed by atoms with Gasteiger partial charge in [-0.15, -0.1) is 0 Å². The van der Waals surface area contributed by atoms with E-state index in [0.717, 1.165) is 31.2 Å². The Balaban J connectivity index is 2.15. The Morgan fingerprint density at radius 1 is 1.40 bits per heavy atom. The zero-order chi connectivity index (χ0) is 11.3. The van der Waals surface area contributed by atoms with Crippen LogP contribution in [0.2, 0.25) is 0 Å². The van der Waals surface area contributed by atoms with E-state index in [-0.39, 0.29) is 6.10 Å². The Hall–Kier alpha value is -0.0800. The van der Waals surface area contributed by atoms with Gasteiger partial charge in [-0.05, 0) is 58.0 Å². The summed E-state index contributed by atoms with van der Waals surface area (Å²) in [6.45, 7) is 9.17. The van der Waals surface area contributed by atoms with E-state index in [9.17, 15) is 5.11 Å². The molecule has 1 fully saturated rings. The molecule has 2 heteroatoms. The minimum absolute atomic E-state index is 0.0796. The van der Waals surface area contributed by atoms with Crippen molar-refractivity contribution in [3.05, 3.63) is 0 Å². The Bertz CT molecular complexity index is 172. The van der Waals surface area contributed by atoms with Gasteiger partial charge in [-0.1, -0.05) is 13.8 Å². The third kappa shape index (κ3) is 4.52. The maximum atomic E-state index is 9.48. The molecule has 90 valence electrons. The van der Waals surface area contributed by atoms with Gasteiger partial charge >= 0.3 is 0 Å². The van der Waals surface area contributed by atoms with Gasteiger partial charge in [0, 0.05) is 6.04 Å². The molecule has 0 radical (unpaired) electrons. The summed E-state index contributed by atoms with van der Waals surface area (Å²) in [5, 5.41) is 9.48. The molecular weight excluding hydrogens is 186 g/mol. The summed E-state index contributed by atoms with van der Waals surface area (Å²) in [5.41, 5.74) is 0. The van der Waals surface area contributed by atoms with E-state index in [2.05, 4.69) is 25.7 Å². The first-order chi connectivity index (χ1) is 7.13. The lowest BCUT2D eigenvalue weighted by Crippen LogP contribution is -2.40. The molecule has 3 unspecified atom stereocenters. The van der Waals surface area contributed by atoms with Gasteiger partial charge in [0.15, 0.2) is 0 Å². The molecule has 0 aromatic carbocycles. The topological polar surface area (TPSA) is 23.5 Å². The van der Waals surface area contributed by atoms with Crippen LogP contribution in [0.4, 0.5) is 0 Å². The molecule has 15 heavy (non-hydrogen) atoms. The van der Waals surface area contributed by atoms with Crippen molar-refractivity contribution in [1.82, 2.24) is 4.90 Å². The monoisotopic (exact) mass is 213 g/mol. The summed E-state index contributed by atoms with van der Waals surface area (Å²) in [6.07, 6.45) is 5.62. The smallest absolute Gasteiger partial charge is 0.0538 e. The standard InChI is InChI=1S/C13H27NO/c1-4-13(15)6-5-8-14-9-7-11(2)10-12(14)3/h11-13,15H,4-10H2,1-3H3. The average Bonchev–Trinajstić information content (AvgIpc) is 2.21. The first-order valence-electron chi connectivity index (χ1n) is 6.55. The summed E-state index contributed by atoms with van der Waals surface area (Å²) >= 11 is 0. The molecule has 1 heterocycles. The SMILES string of the molecule is CCC(O)CCCN1CCC(C)CC1C. The molecule has 0 bridgehead atoms. The first kappa shape index (κ1) is 13.0. The molecule has 1 rings (SSSR count). The number of likely N-dealkylation sites (tertiary alicyclic amines) is 1. The number of piperidine rings is 1. The number of hydrogen-bond acceptors (Lipinski definition) is 2. The quantitative estimate of drug-likeness (QED) is 0.759. The highest BCUT2D eigenvalue weighted by Gasteiger charge is 2.22. The molecule has 0 aromatic heterocycles. The molecule has 1 aliphatic heterocycles. The van der Waals surface area contributed by atoms with Crippen LogP contribution in [-0.2, 0) is 0 Å². The van der Waals surface area contributed by atoms with Crippen LogP contribution in [0.5, 0.6) is 0 Å². The second kappa shape index (κ2) is 6.49. The van der Waals surface area contributed by atoms with Crippen LogP contribution in [0.15, 0.2) is 0 Å². The fourth-order valence-electron chi connectivity index (χ4n) is 2.52. The zero-order valence-electron chi connectivity index (χ0n) is 10.6. The van der Waals surface area contributed by atoms with Gasteiger partial charge < -0.3 is 10.0 Å². The lowest BCUT2D eigenvalue weighted by Gasteiger charge is -2.36. The van der Waals surface area contributed by atoms with Crippen molar-refractivity contribution in [2.24, 2.45) is 5.92 Å². The van der Waals surface area contributed by atoms with E-state index >= 15 is 0 Å². The Morgan fingerprint density at radius 2 is 2.13 bits per heavy atom. The van der Waals surface area contributed by atoms with Gasteiger partial charge in [-0.3, -0.25) is 0 Å². The molecule has 1 saturated heterocycles. The van der Waals surface area contributed by atoms with Crippen LogP contribution in [-0.4, -0.2) is 35.2 Å². The summed E-state index contributed by atoms with van der Waals surface area (Å²) in [5.74, 6) is 0.900. The molecule has 0 amide bonds. The molecular formula is C13H27NO.